The van der Waals surface area contributed by atoms with E-state index in [4.69, 9.17) is 5.73 Å². The molecule has 1 atom stereocenters. The standard InChI is InChI=1S/C17H21N/c1-12-8-9-16(14(3)10-12)17(18)11-15-7-5-4-6-13(15)2/h4-10,17H,11,18H2,1-3H3. The molecule has 2 aromatic carbocycles. The Labute approximate surface area is 110 Å². The first kappa shape index (κ1) is 12.8. The Morgan fingerprint density at radius 1 is 0.944 bits per heavy atom. The molecule has 18 heavy (non-hydrogen) atoms. The van der Waals surface area contributed by atoms with Crippen molar-refractivity contribution in [1.82, 2.24) is 0 Å². The summed E-state index contributed by atoms with van der Waals surface area (Å²) in [6, 6.07) is 15.0. The number of nitrogens with two attached hydrogens (primary N) is 1. The highest BCUT2D eigenvalue weighted by molar-refractivity contribution is 5.35. The van der Waals surface area contributed by atoms with Crippen LogP contribution in [0.4, 0.5) is 0 Å². The first-order valence-corrected chi connectivity index (χ1v) is 6.45. The molecule has 2 rings (SSSR count). The zero-order valence-electron chi connectivity index (χ0n) is 11.4. The van der Waals surface area contributed by atoms with E-state index in [9.17, 15) is 0 Å². The summed E-state index contributed by atoms with van der Waals surface area (Å²) in [5.41, 5.74) is 12.8. The molecule has 0 aliphatic carbocycles. The quantitative estimate of drug-likeness (QED) is 0.865. The second kappa shape index (κ2) is 5.36. The van der Waals surface area contributed by atoms with E-state index < -0.39 is 0 Å². The van der Waals surface area contributed by atoms with Crippen molar-refractivity contribution in [1.29, 1.82) is 0 Å². The van der Waals surface area contributed by atoms with Gasteiger partial charge in [0, 0.05) is 6.04 Å². The highest BCUT2D eigenvalue weighted by Gasteiger charge is 2.10. The van der Waals surface area contributed by atoms with Crippen LogP contribution in [0.15, 0.2) is 42.5 Å². The van der Waals surface area contributed by atoms with Gasteiger partial charge in [0.15, 0.2) is 0 Å². The van der Waals surface area contributed by atoms with E-state index in [1.807, 2.05) is 0 Å². The maximum Gasteiger partial charge on any atom is 0.0338 e. The summed E-state index contributed by atoms with van der Waals surface area (Å²) in [5, 5.41) is 0. The van der Waals surface area contributed by atoms with Gasteiger partial charge in [0.1, 0.15) is 0 Å². The summed E-state index contributed by atoms with van der Waals surface area (Å²) in [7, 11) is 0. The van der Waals surface area contributed by atoms with Gasteiger partial charge < -0.3 is 5.73 Å². The van der Waals surface area contributed by atoms with E-state index in [0.717, 1.165) is 6.42 Å². The highest BCUT2D eigenvalue weighted by Crippen LogP contribution is 2.22. The van der Waals surface area contributed by atoms with Gasteiger partial charge in [-0.05, 0) is 49.4 Å². The molecule has 2 aromatic rings. The van der Waals surface area contributed by atoms with Crippen LogP contribution in [0.3, 0.4) is 0 Å². The van der Waals surface area contributed by atoms with Crippen molar-refractivity contribution in [2.75, 3.05) is 0 Å². The topological polar surface area (TPSA) is 26.0 Å². The molecule has 0 saturated heterocycles. The van der Waals surface area contributed by atoms with Crippen LogP contribution in [0.5, 0.6) is 0 Å². The average Bonchev–Trinajstić information content (AvgIpc) is 2.32. The number of aryl methyl sites for hydroxylation is 3. The SMILES string of the molecule is Cc1ccc(C(N)Cc2ccccc2C)c(C)c1. The molecule has 1 heteroatoms. The molecule has 0 aliphatic rings. The molecule has 1 unspecified atom stereocenters. The molecule has 0 aliphatic heterocycles. The van der Waals surface area contributed by atoms with Crippen LogP contribution < -0.4 is 5.73 Å². The van der Waals surface area contributed by atoms with E-state index in [1.54, 1.807) is 0 Å². The Balaban J connectivity index is 2.22. The first-order valence-electron chi connectivity index (χ1n) is 6.45. The maximum atomic E-state index is 6.35. The van der Waals surface area contributed by atoms with Crippen molar-refractivity contribution in [3.63, 3.8) is 0 Å². The van der Waals surface area contributed by atoms with Gasteiger partial charge in [0.2, 0.25) is 0 Å². The molecule has 0 fully saturated rings. The zero-order valence-corrected chi connectivity index (χ0v) is 11.4. The summed E-state index contributed by atoms with van der Waals surface area (Å²) < 4.78 is 0. The van der Waals surface area contributed by atoms with Crippen LogP contribution in [0, 0.1) is 20.8 Å². The van der Waals surface area contributed by atoms with E-state index in [2.05, 4.69) is 63.2 Å². The Morgan fingerprint density at radius 3 is 2.33 bits per heavy atom. The van der Waals surface area contributed by atoms with Crippen molar-refractivity contribution in [3.05, 3.63) is 70.3 Å². The third-order valence-electron chi connectivity index (χ3n) is 3.53. The molecule has 0 amide bonds. The molecular weight excluding hydrogens is 218 g/mol. The Kier molecular flexibility index (Phi) is 3.83. The van der Waals surface area contributed by atoms with E-state index in [0.29, 0.717) is 0 Å². The van der Waals surface area contributed by atoms with Crippen LogP contribution in [0.1, 0.15) is 33.9 Å². The Morgan fingerprint density at radius 2 is 1.67 bits per heavy atom. The number of benzene rings is 2. The summed E-state index contributed by atoms with van der Waals surface area (Å²) >= 11 is 0. The Bertz CT molecular complexity index is 543. The van der Waals surface area contributed by atoms with Gasteiger partial charge in [-0.2, -0.15) is 0 Å². The third kappa shape index (κ3) is 2.80. The van der Waals surface area contributed by atoms with Gasteiger partial charge in [0.05, 0.1) is 0 Å². The fraction of sp³-hybridized carbons (Fsp3) is 0.294. The first-order chi connectivity index (χ1) is 8.58. The van der Waals surface area contributed by atoms with Crippen molar-refractivity contribution in [2.45, 2.75) is 33.2 Å². The minimum absolute atomic E-state index is 0.0756. The minimum atomic E-state index is 0.0756. The van der Waals surface area contributed by atoms with Crippen LogP contribution >= 0.6 is 0 Å². The predicted octanol–water partition coefficient (Wildman–Crippen LogP) is 3.85. The molecule has 0 spiro atoms. The maximum absolute atomic E-state index is 6.35. The molecule has 0 radical (unpaired) electrons. The van der Waals surface area contributed by atoms with Gasteiger partial charge in [-0.25, -0.2) is 0 Å². The van der Waals surface area contributed by atoms with Crippen molar-refractivity contribution < 1.29 is 0 Å². The lowest BCUT2D eigenvalue weighted by Gasteiger charge is -2.16. The third-order valence-corrected chi connectivity index (χ3v) is 3.53. The molecule has 94 valence electrons. The second-order valence-corrected chi connectivity index (χ2v) is 5.10. The van der Waals surface area contributed by atoms with Gasteiger partial charge in [-0.3, -0.25) is 0 Å². The van der Waals surface area contributed by atoms with E-state index in [1.165, 1.54) is 27.8 Å². The molecule has 1 nitrogen and oxygen atoms in total. The number of hydrogen-bond acceptors (Lipinski definition) is 1. The zero-order chi connectivity index (χ0) is 13.1. The monoisotopic (exact) mass is 239 g/mol. The van der Waals surface area contributed by atoms with Gasteiger partial charge in [-0.1, -0.05) is 48.0 Å². The minimum Gasteiger partial charge on any atom is -0.324 e. The number of rotatable bonds is 3. The summed E-state index contributed by atoms with van der Waals surface area (Å²) in [6.45, 7) is 6.40. The van der Waals surface area contributed by atoms with Crippen molar-refractivity contribution in [3.8, 4) is 0 Å². The molecule has 0 bridgehead atoms. The normalized spacial score (nSPS) is 12.4. The van der Waals surface area contributed by atoms with Crippen LogP contribution in [-0.2, 0) is 6.42 Å². The predicted molar refractivity (Wildman–Crippen MR) is 77.7 cm³/mol. The molecule has 0 aromatic heterocycles. The van der Waals surface area contributed by atoms with Crippen LogP contribution in [0.25, 0.3) is 0 Å². The summed E-state index contributed by atoms with van der Waals surface area (Å²) in [5.74, 6) is 0. The molecule has 0 saturated carbocycles. The lowest BCUT2D eigenvalue weighted by molar-refractivity contribution is 0.713. The van der Waals surface area contributed by atoms with Crippen LogP contribution in [-0.4, -0.2) is 0 Å². The van der Waals surface area contributed by atoms with E-state index in [-0.39, 0.29) is 6.04 Å². The lowest BCUT2D eigenvalue weighted by Crippen LogP contribution is -2.15. The highest BCUT2D eigenvalue weighted by atomic mass is 14.6. The molecule has 2 N–H and O–H groups in total. The molecular formula is C17H21N. The second-order valence-electron chi connectivity index (χ2n) is 5.10. The average molecular weight is 239 g/mol. The van der Waals surface area contributed by atoms with Gasteiger partial charge in [-0.15, -0.1) is 0 Å². The Hall–Kier alpha value is -1.60. The number of hydrogen-bond donors (Lipinski definition) is 1. The smallest absolute Gasteiger partial charge is 0.0338 e. The van der Waals surface area contributed by atoms with Crippen molar-refractivity contribution >= 4 is 0 Å². The fourth-order valence-corrected chi connectivity index (χ4v) is 2.43. The lowest BCUT2D eigenvalue weighted by atomic mass is 9.93. The van der Waals surface area contributed by atoms with Crippen molar-refractivity contribution in [2.24, 2.45) is 5.73 Å². The fourth-order valence-electron chi connectivity index (χ4n) is 2.43. The van der Waals surface area contributed by atoms with Gasteiger partial charge in [0.25, 0.3) is 0 Å². The van der Waals surface area contributed by atoms with E-state index >= 15 is 0 Å². The molecule has 0 heterocycles. The van der Waals surface area contributed by atoms with Crippen LogP contribution in [0.2, 0.25) is 0 Å². The van der Waals surface area contributed by atoms with Gasteiger partial charge >= 0.3 is 0 Å². The largest absolute Gasteiger partial charge is 0.324 e. The summed E-state index contributed by atoms with van der Waals surface area (Å²) in [4.78, 5) is 0. The summed E-state index contributed by atoms with van der Waals surface area (Å²) in [6.07, 6.45) is 0.899.